The summed E-state index contributed by atoms with van der Waals surface area (Å²) in [7, 11) is 8.40. The third-order valence-corrected chi connectivity index (χ3v) is 6.89. The standard InChI is InChI=1S/C23H39N4S2/c1-6-7-22(2)8-11-24-12-15-25(4)18-20-28-29-21-19-26(5)16-17-27-13-9-23(3)10-14-27/h6-11,13-14H,12,15-21H2,1-5H3/q+1/p+1/b7-6-,22-8-,24-11?. The number of nitrogens with zero attached hydrogens (tertiary/aromatic N) is 3. The van der Waals surface area contributed by atoms with Crippen molar-refractivity contribution in [2.45, 2.75) is 27.3 Å². The summed E-state index contributed by atoms with van der Waals surface area (Å²) in [5, 5.41) is 0. The van der Waals surface area contributed by atoms with Crippen molar-refractivity contribution in [3.63, 3.8) is 0 Å². The molecule has 0 aliphatic carbocycles. The van der Waals surface area contributed by atoms with E-state index in [0.29, 0.717) is 0 Å². The third-order valence-electron chi connectivity index (χ3n) is 4.53. The Hall–Kier alpha value is -1.08. The SMILES string of the molecule is C/C=C\C(C)=C/C=[NH+]CCN(C)CCSSCCN(C)CC[n+]1ccc(C)cc1. The lowest BCUT2D eigenvalue weighted by atomic mass is 10.3. The monoisotopic (exact) mass is 436 g/mol. The maximum absolute atomic E-state index is 3.36. The van der Waals surface area contributed by atoms with Crippen LogP contribution in [0, 0.1) is 6.92 Å². The van der Waals surface area contributed by atoms with E-state index in [1.54, 1.807) is 0 Å². The van der Waals surface area contributed by atoms with Gasteiger partial charge in [-0.05, 0) is 46.0 Å². The Morgan fingerprint density at radius 3 is 2.28 bits per heavy atom. The fourth-order valence-electron chi connectivity index (χ4n) is 2.54. The maximum Gasteiger partial charge on any atom is 0.169 e. The second kappa shape index (κ2) is 16.7. The Labute approximate surface area is 186 Å². The molecule has 0 amide bonds. The first-order chi connectivity index (χ1) is 14.0. The molecule has 0 radical (unpaired) electrons. The van der Waals surface area contributed by atoms with Gasteiger partial charge in [-0.3, -0.25) is 9.80 Å². The fourth-order valence-corrected chi connectivity index (χ4v) is 4.70. The Kier molecular flexibility index (Phi) is 14.9. The molecule has 1 aromatic rings. The van der Waals surface area contributed by atoms with Gasteiger partial charge in [0.15, 0.2) is 31.7 Å². The minimum atomic E-state index is 0.984. The van der Waals surface area contributed by atoms with Crippen LogP contribution in [-0.4, -0.2) is 74.3 Å². The molecule has 1 rings (SSSR count). The Balaban J connectivity index is 1.99. The van der Waals surface area contributed by atoms with Crippen LogP contribution in [-0.2, 0) is 6.54 Å². The Morgan fingerprint density at radius 2 is 1.66 bits per heavy atom. The van der Waals surface area contributed by atoms with Crippen LogP contribution in [0.1, 0.15) is 19.4 Å². The molecule has 162 valence electrons. The van der Waals surface area contributed by atoms with E-state index in [-0.39, 0.29) is 0 Å². The third kappa shape index (κ3) is 14.5. The van der Waals surface area contributed by atoms with Crippen molar-refractivity contribution in [3.05, 3.63) is 53.9 Å². The van der Waals surface area contributed by atoms with Crippen LogP contribution in [0.2, 0.25) is 0 Å². The molecule has 4 nitrogen and oxygen atoms in total. The molecular weight excluding hydrogens is 396 g/mol. The second-order valence-corrected chi connectivity index (χ2v) is 10.1. The zero-order chi connectivity index (χ0) is 21.3. The van der Waals surface area contributed by atoms with E-state index in [9.17, 15) is 0 Å². The van der Waals surface area contributed by atoms with Gasteiger partial charge in [0.2, 0.25) is 0 Å². The predicted octanol–water partition coefficient (Wildman–Crippen LogP) is 2.20. The van der Waals surface area contributed by atoms with E-state index >= 15 is 0 Å². The predicted molar refractivity (Wildman–Crippen MR) is 132 cm³/mol. The van der Waals surface area contributed by atoms with Crippen molar-refractivity contribution in [1.82, 2.24) is 9.80 Å². The highest BCUT2D eigenvalue weighted by Gasteiger charge is 2.04. The first-order valence-electron chi connectivity index (χ1n) is 10.4. The maximum atomic E-state index is 3.36. The highest BCUT2D eigenvalue weighted by molar-refractivity contribution is 8.76. The summed E-state index contributed by atoms with van der Waals surface area (Å²) in [5.74, 6) is 2.35. The fraction of sp³-hybridized carbons (Fsp3) is 0.565. The van der Waals surface area contributed by atoms with Crippen molar-refractivity contribution in [3.8, 4) is 0 Å². The van der Waals surface area contributed by atoms with Crippen molar-refractivity contribution in [1.29, 1.82) is 0 Å². The summed E-state index contributed by atoms with van der Waals surface area (Å²) < 4.78 is 2.26. The number of hydrogen-bond donors (Lipinski definition) is 1. The molecule has 0 aliphatic rings. The highest BCUT2D eigenvalue weighted by atomic mass is 33.1. The van der Waals surface area contributed by atoms with Gasteiger partial charge in [-0.25, -0.2) is 9.56 Å². The van der Waals surface area contributed by atoms with Gasteiger partial charge in [0, 0.05) is 42.8 Å². The van der Waals surface area contributed by atoms with E-state index in [2.05, 4.69) is 90.1 Å². The van der Waals surface area contributed by atoms with Gasteiger partial charge in [-0.1, -0.05) is 33.7 Å². The number of hydrogen-bond acceptors (Lipinski definition) is 4. The van der Waals surface area contributed by atoms with E-state index in [1.807, 2.05) is 34.7 Å². The first kappa shape index (κ1) is 26.0. The van der Waals surface area contributed by atoms with Crippen LogP contribution >= 0.6 is 21.6 Å². The van der Waals surface area contributed by atoms with Crippen LogP contribution in [0.25, 0.3) is 0 Å². The molecular formula is C23H40N4S2+2. The summed E-state index contributed by atoms with van der Waals surface area (Å²) in [6, 6.07) is 4.34. The molecule has 0 bridgehead atoms. The quantitative estimate of drug-likeness (QED) is 0.150. The van der Waals surface area contributed by atoms with Crippen LogP contribution in [0.5, 0.6) is 0 Å². The molecule has 0 aromatic carbocycles. The number of pyridine rings is 1. The molecule has 0 unspecified atom stereocenters. The molecule has 1 N–H and O–H groups in total. The van der Waals surface area contributed by atoms with Gasteiger partial charge in [0.1, 0.15) is 0 Å². The van der Waals surface area contributed by atoms with Gasteiger partial charge in [-0.15, -0.1) is 0 Å². The van der Waals surface area contributed by atoms with E-state index in [0.717, 1.165) is 39.3 Å². The number of aromatic nitrogens is 1. The van der Waals surface area contributed by atoms with Crippen LogP contribution < -0.4 is 9.56 Å². The number of likely N-dealkylation sites (N-methyl/N-ethyl adjacent to an activating group) is 2. The Bertz CT molecular complexity index is 626. The zero-order valence-electron chi connectivity index (χ0n) is 18.9. The first-order valence-corrected chi connectivity index (χ1v) is 12.9. The van der Waals surface area contributed by atoms with Crippen molar-refractivity contribution in [2.24, 2.45) is 0 Å². The summed E-state index contributed by atoms with van der Waals surface area (Å²) in [5.41, 5.74) is 2.58. The van der Waals surface area contributed by atoms with Crippen molar-refractivity contribution in [2.75, 3.05) is 58.3 Å². The lowest BCUT2D eigenvalue weighted by Crippen LogP contribution is -2.70. The number of rotatable bonds is 15. The lowest BCUT2D eigenvalue weighted by Gasteiger charge is -2.15. The minimum absolute atomic E-state index is 0.984. The summed E-state index contributed by atoms with van der Waals surface area (Å²) in [4.78, 5) is 8.17. The largest absolute Gasteiger partial charge is 0.299 e. The number of allylic oxidation sites excluding steroid dienone is 4. The van der Waals surface area contributed by atoms with Crippen molar-refractivity contribution < 1.29 is 9.56 Å². The molecule has 0 spiro atoms. The average Bonchev–Trinajstić information content (AvgIpc) is 2.70. The van der Waals surface area contributed by atoms with E-state index in [1.165, 1.54) is 22.6 Å². The molecule has 0 aliphatic heterocycles. The van der Waals surface area contributed by atoms with Gasteiger partial charge >= 0.3 is 0 Å². The average molecular weight is 437 g/mol. The molecule has 0 atom stereocenters. The molecule has 1 heterocycles. The van der Waals surface area contributed by atoms with E-state index in [4.69, 9.17) is 0 Å². The Morgan fingerprint density at radius 1 is 1.03 bits per heavy atom. The van der Waals surface area contributed by atoms with Crippen LogP contribution in [0.15, 0.2) is 48.3 Å². The van der Waals surface area contributed by atoms with E-state index < -0.39 is 0 Å². The molecule has 0 fully saturated rings. The lowest BCUT2D eigenvalue weighted by molar-refractivity contribution is -0.696. The summed E-state index contributed by atoms with van der Waals surface area (Å²) >= 11 is 0. The molecule has 29 heavy (non-hydrogen) atoms. The number of nitrogens with one attached hydrogen (secondary N) is 1. The zero-order valence-corrected chi connectivity index (χ0v) is 20.6. The topological polar surface area (TPSA) is 24.3 Å². The number of aryl methyl sites for hydroxylation is 1. The molecule has 6 heteroatoms. The molecule has 1 aromatic heterocycles. The molecule has 0 saturated carbocycles. The van der Waals surface area contributed by atoms with Gasteiger partial charge in [-0.2, -0.15) is 0 Å². The van der Waals surface area contributed by atoms with Crippen LogP contribution in [0.3, 0.4) is 0 Å². The second-order valence-electron chi connectivity index (χ2n) is 7.40. The summed E-state index contributed by atoms with van der Waals surface area (Å²) in [6.07, 6.45) is 12.7. The van der Waals surface area contributed by atoms with Gasteiger partial charge in [0.05, 0.1) is 13.1 Å². The highest BCUT2D eigenvalue weighted by Crippen LogP contribution is 2.20. The summed E-state index contributed by atoms with van der Waals surface area (Å²) in [6.45, 7) is 12.7. The van der Waals surface area contributed by atoms with Gasteiger partial charge < -0.3 is 0 Å². The van der Waals surface area contributed by atoms with Crippen LogP contribution in [0.4, 0.5) is 0 Å². The smallest absolute Gasteiger partial charge is 0.169 e. The van der Waals surface area contributed by atoms with Gasteiger partial charge in [0.25, 0.3) is 0 Å². The normalized spacial score (nSPS) is 12.9. The molecule has 0 saturated heterocycles. The minimum Gasteiger partial charge on any atom is -0.299 e. The van der Waals surface area contributed by atoms with Crippen molar-refractivity contribution >= 4 is 27.8 Å².